The minimum Gasteiger partial charge on any atom is -0.497 e. The minimum absolute atomic E-state index is 0.0737. The van der Waals surface area contributed by atoms with E-state index in [1.165, 1.54) is 24.8 Å². The molecule has 2 fully saturated rings. The summed E-state index contributed by atoms with van der Waals surface area (Å²) in [6.45, 7) is 0.989. The Morgan fingerprint density at radius 3 is 2.36 bits per heavy atom. The molecule has 0 aliphatic carbocycles. The Balaban J connectivity index is 1.52. The van der Waals surface area contributed by atoms with Crippen molar-refractivity contribution >= 4 is 5.78 Å². The number of fused-ring (bicyclic) bond motifs is 2. The second kappa shape index (κ2) is 8.36. The molecule has 2 heterocycles. The van der Waals surface area contributed by atoms with Crippen molar-refractivity contribution in [3.63, 3.8) is 0 Å². The van der Waals surface area contributed by atoms with Crippen molar-refractivity contribution in [3.05, 3.63) is 59.7 Å². The molecule has 2 aromatic carbocycles. The number of benzene rings is 2. The number of ether oxygens (including phenoxy) is 2. The van der Waals surface area contributed by atoms with Crippen molar-refractivity contribution in [2.75, 3.05) is 14.2 Å². The van der Waals surface area contributed by atoms with E-state index in [0.29, 0.717) is 29.1 Å². The first-order valence-corrected chi connectivity index (χ1v) is 10.3. The number of rotatable bonds is 6. The molecule has 0 saturated carbocycles. The maximum absolute atomic E-state index is 13.3. The van der Waals surface area contributed by atoms with Crippen LogP contribution in [0.2, 0.25) is 0 Å². The van der Waals surface area contributed by atoms with Crippen LogP contribution in [0, 0.1) is 5.92 Å². The summed E-state index contributed by atoms with van der Waals surface area (Å²) in [5.74, 6) is 1.62. The number of methoxy groups -OCH3 is 2. The molecule has 0 radical (unpaired) electrons. The highest BCUT2D eigenvalue weighted by molar-refractivity contribution is 6.00. The maximum atomic E-state index is 13.3. The number of Topliss-reactive ketones (excluding diaryl/α,β-unsaturated/α-hetero) is 1. The van der Waals surface area contributed by atoms with E-state index in [9.17, 15) is 4.79 Å². The van der Waals surface area contributed by atoms with Crippen LogP contribution in [-0.2, 0) is 6.54 Å². The minimum atomic E-state index is 0.0737. The van der Waals surface area contributed by atoms with Crippen LogP contribution in [0.3, 0.4) is 0 Å². The van der Waals surface area contributed by atoms with Crippen LogP contribution >= 0.6 is 0 Å². The van der Waals surface area contributed by atoms with Crippen LogP contribution in [0.15, 0.2) is 48.5 Å². The molecule has 2 aliphatic rings. The van der Waals surface area contributed by atoms with Crippen molar-refractivity contribution in [1.82, 2.24) is 4.90 Å². The molecule has 4 rings (SSSR count). The SMILES string of the molecule is COc1ccc(C(=O)C2CC3CCCC(C2)N3Cc2ccccc2)c(OC)c1. The maximum Gasteiger partial charge on any atom is 0.169 e. The van der Waals surface area contributed by atoms with E-state index < -0.39 is 0 Å². The van der Waals surface area contributed by atoms with Gasteiger partial charge in [0.1, 0.15) is 11.5 Å². The number of piperidine rings is 2. The summed E-state index contributed by atoms with van der Waals surface area (Å²) in [7, 11) is 3.24. The molecule has 0 aromatic heterocycles. The number of hydrogen-bond acceptors (Lipinski definition) is 4. The summed E-state index contributed by atoms with van der Waals surface area (Å²) in [6, 6.07) is 17.2. The van der Waals surface area contributed by atoms with E-state index in [1.54, 1.807) is 20.3 Å². The summed E-state index contributed by atoms with van der Waals surface area (Å²) in [5.41, 5.74) is 2.05. The van der Waals surface area contributed by atoms with Crippen molar-refractivity contribution in [2.24, 2.45) is 5.92 Å². The van der Waals surface area contributed by atoms with E-state index in [1.807, 2.05) is 12.1 Å². The molecule has 0 spiro atoms. The second-order valence-electron chi connectivity index (χ2n) is 8.00. The van der Waals surface area contributed by atoms with Crippen molar-refractivity contribution in [1.29, 1.82) is 0 Å². The molecular weight excluding hydrogens is 350 g/mol. The fourth-order valence-corrected chi connectivity index (χ4v) is 4.97. The third kappa shape index (κ3) is 3.79. The highest BCUT2D eigenvalue weighted by Crippen LogP contribution is 2.40. The monoisotopic (exact) mass is 379 g/mol. The molecular formula is C24H29NO3. The van der Waals surface area contributed by atoms with Gasteiger partial charge in [0.2, 0.25) is 0 Å². The smallest absolute Gasteiger partial charge is 0.169 e. The zero-order valence-electron chi connectivity index (χ0n) is 16.8. The molecule has 4 heteroatoms. The van der Waals surface area contributed by atoms with Gasteiger partial charge in [-0.05, 0) is 43.4 Å². The molecule has 28 heavy (non-hydrogen) atoms. The molecule has 2 bridgehead atoms. The van der Waals surface area contributed by atoms with Gasteiger partial charge in [-0.3, -0.25) is 9.69 Å². The van der Waals surface area contributed by atoms with E-state index >= 15 is 0 Å². The summed E-state index contributed by atoms with van der Waals surface area (Å²) >= 11 is 0. The first-order valence-electron chi connectivity index (χ1n) is 10.3. The van der Waals surface area contributed by atoms with Gasteiger partial charge in [-0.25, -0.2) is 0 Å². The predicted octanol–water partition coefficient (Wildman–Crippen LogP) is 4.72. The Morgan fingerprint density at radius 2 is 1.71 bits per heavy atom. The molecule has 148 valence electrons. The van der Waals surface area contributed by atoms with Crippen molar-refractivity contribution in [3.8, 4) is 11.5 Å². The zero-order valence-corrected chi connectivity index (χ0v) is 16.8. The van der Waals surface area contributed by atoms with Crippen LogP contribution in [0.25, 0.3) is 0 Å². The Hall–Kier alpha value is -2.33. The normalized spacial score (nSPS) is 24.6. The van der Waals surface area contributed by atoms with Crippen LogP contribution in [0.5, 0.6) is 11.5 Å². The lowest BCUT2D eigenvalue weighted by Gasteiger charge is -2.48. The number of carbonyl (C=O) groups is 1. The fraction of sp³-hybridized carbons (Fsp3) is 0.458. The van der Waals surface area contributed by atoms with E-state index in [4.69, 9.17) is 9.47 Å². The van der Waals surface area contributed by atoms with Crippen LogP contribution in [-0.4, -0.2) is 37.0 Å². The summed E-state index contributed by atoms with van der Waals surface area (Å²) < 4.78 is 10.8. The van der Waals surface area contributed by atoms with Crippen LogP contribution in [0.1, 0.15) is 48.0 Å². The van der Waals surface area contributed by atoms with Gasteiger partial charge in [0.15, 0.2) is 5.78 Å². The van der Waals surface area contributed by atoms with Crippen LogP contribution in [0.4, 0.5) is 0 Å². The molecule has 4 nitrogen and oxygen atoms in total. The lowest BCUT2D eigenvalue weighted by molar-refractivity contribution is 0.00899. The average Bonchev–Trinajstić information content (AvgIpc) is 2.73. The highest BCUT2D eigenvalue weighted by atomic mass is 16.5. The molecule has 2 saturated heterocycles. The number of carbonyl (C=O) groups excluding carboxylic acids is 1. The summed E-state index contributed by atoms with van der Waals surface area (Å²) in [5, 5.41) is 0. The third-order valence-corrected chi connectivity index (χ3v) is 6.38. The Kier molecular flexibility index (Phi) is 5.67. The average molecular weight is 380 g/mol. The number of hydrogen-bond donors (Lipinski definition) is 0. The fourth-order valence-electron chi connectivity index (χ4n) is 4.97. The van der Waals surface area contributed by atoms with Gasteiger partial charge >= 0.3 is 0 Å². The van der Waals surface area contributed by atoms with Gasteiger partial charge in [0.05, 0.1) is 19.8 Å². The molecule has 0 amide bonds. The molecule has 2 aromatic rings. The lowest BCUT2D eigenvalue weighted by atomic mass is 9.75. The van der Waals surface area contributed by atoms with Gasteiger partial charge in [0.25, 0.3) is 0 Å². The standard InChI is InChI=1S/C24H29NO3/c1-27-21-11-12-22(23(15-21)28-2)24(26)18-13-19-9-6-10-20(14-18)25(19)16-17-7-4-3-5-8-17/h3-5,7-8,11-12,15,18-20H,6,9-10,13-14,16H2,1-2H3. The van der Waals surface area contributed by atoms with Crippen molar-refractivity contribution in [2.45, 2.75) is 50.7 Å². The van der Waals surface area contributed by atoms with E-state index in [2.05, 4.69) is 35.2 Å². The second-order valence-corrected chi connectivity index (χ2v) is 8.00. The summed E-state index contributed by atoms with van der Waals surface area (Å²) in [4.78, 5) is 16.0. The first-order chi connectivity index (χ1) is 13.7. The number of nitrogens with zero attached hydrogens (tertiary/aromatic N) is 1. The van der Waals surface area contributed by atoms with E-state index in [0.717, 1.165) is 19.4 Å². The molecule has 2 unspecified atom stereocenters. The molecule has 2 atom stereocenters. The highest BCUT2D eigenvalue weighted by Gasteiger charge is 2.41. The first kappa shape index (κ1) is 19.0. The molecule has 0 N–H and O–H groups in total. The van der Waals surface area contributed by atoms with Crippen LogP contribution < -0.4 is 9.47 Å². The van der Waals surface area contributed by atoms with Gasteiger partial charge in [-0.2, -0.15) is 0 Å². The summed E-state index contributed by atoms with van der Waals surface area (Å²) in [6.07, 6.45) is 5.53. The van der Waals surface area contributed by atoms with Crippen molar-refractivity contribution < 1.29 is 14.3 Å². The topological polar surface area (TPSA) is 38.8 Å². The van der Waals surface area contributed by atoms with E-state index in [-0.39, 0.29) is 11.7 Å². The zero-order chi connectivity index (χ0) is 19.5. The lowest BCUT2D eigenvalue weighted by Crippen LogP contribution is -2.52. The third-order valence-electron chi connectivity index (χ3n) is 6.38. The van der Waals surface area contributed by atoms with Gasteiger partial charge in [0, 0.05) is 30.6 Å². The van der Waals surface area contributed by atoms with Gasteiger partial charge in [-0.1, -0.05) is 36.8 Å². The Morgan fingerprint density at radius 1 is 1.00 bits per heavy atom. The Bertz CT molecular complexity index is 806. The molecule has 2 aliphatic heterocycles. The Labute approximate surface area is 167 Å². The van der Waals surface area contributed by atoms with Gasteiger partial charge < -0.3 is 9.47 Å². The largest absolute Gasteiger partial charge is 0.497 e. The quantitative estimate of drug-likeness (QED) is 0.681. The number of ketones is 1. The van der Waals surface area contributed by atoms with Gasteiger partial charge in [-0.15, -0.1) is 0 Å². The predicted molar refractivity (Wildman–Crippen MR) is 110 cm³/mol.